The monoisotopic (exact) mass is 273 g/mol. The topological polar surface area (TPSA) is 122 Å². The number of amides is 3. The number of hydrogen-bond acceptors (Lipinski definition) is 3. The molecule has 5 N–H and O–H groups in total. The van der Waals surface area contributed by atoms with Crippen LogP contribution in [0.5, 0.6) is 0 Å². The molecule has 0 aromatic rings. The van der Waals surface area contributed by atoms with E-state index < -0.39 is 18.0 Å². The molecular formula is C12H23N3O4. The van der Waals surface area contributed by atoms with Crippen LogP contribution in [0.2, 0.25) is 0 Å². The molecule has 0 aromatic carbocycles. The molecule has 0 fully saturated rings. The van der Waals surface area contributed by atoms with Crippen LogP contribution in [0.3, 0.4) is 0 Å². The van der Waals surface area contributed by atoms with Crippen molar-refractivity contribution in [3.8, 4) is 0 Å². The zero-order valence-electron chi connectivity index (χ0n) is 11.4. The van der Waals surface area contributed by atoms with E-state index in [1.54, 1.807) is 0 Å². The van der Waals surface area contributed by atoms with Gasteiger partial charge >= 0.3 is 12.0 Å². The number of primary amides is 1. The first-order chi connectivity index (χ1) is 8.84. The van der Waals surface area contributed by atoms with E-state index in [0.717, 1.165) is 6.42 Å². The van der Waals surface area contributed by atoms with Crippen molar-refractivity contribution in [3.63, 3.8) is 0 Å². The summed E-state index contributed by atoms with van der Waals surface area (Å²) in [6.07, 6.45) is 2.19. The first-order valence-electron chi connectivity index (χ1n) is 6.40. The van der Waals surface area contributed by atoms with Gasteiger partial charge in [0, 0.05) is 13.0 Å². The highest BCUT2D eigenvalue weighted by Crippen LogP contribution is 2.02. The molecule has 0 saturated heterocycles. The van der Waals surface area contributed by atoms with Gasteiger partial charge in [0.2, 0.25) is 5.91 Å². The van der Waals surface area contributed by atoms with E-state index in [2.05, 4.69) is 10.6 Å². The minimum Gasteiger partial charge on any atom is -0.481 e. The molecule has 0 aliphatic heterocycles. The van der Waals surface area contributed by atoms with Gasteiger partial charge in [-0.1, -0.05) is 20.3 Å². The van der Waals surface area contributed by atoms with E-state index in [9.17, 15) is 14.4 Å². The molecule has 0 aliphatic rings. The highest BCUT2D eigenvalue weighted by atomic mass is 16.4. The van der Waals surface area contributed by atoms with E-state index >= 15 is 0 Å². The third-order valence-corrected chi connectivity index (χ3v) is 2.61. The number of hydrogen-bond donors (Lipinski definition) is 4. The van der Waals surface area contributed by atoms with Crippen molar-refractivity contribution in [2.75, 3.05) is 6.54 Å². The summed E-state index contributed by atoms with van der Waals surface area (Å²) in [6, 6.07) is -1.37. The predicted octanol–water partition coefficient (Wildman–Crippen LogP) is 0.441. The molecule has 0 rings (SSSR count). The quantitative estimate of drug-likeness (QED) is 0.455. The van der Waals surface area contributed by atoms with Crippen molar-refractivity contribution in [1.82, 2.24) is 10.6 Å². The first kappa shape index (κ1) is 17.2. The molecule has 110 valence electrons. The summed E-state index contributed by atoms with van der Waals surface area (Å²) in [5.41, 5.74) is 5.01. The van der Waals surface area contributed by atoms with Crippen LogP contribution in [-0.4, -0.2) is 35.6 Å². The molecule has 1 atom stereocenters. The van der Waals surface area contributed by atoms with Crippen LogP contribution < -0.4 is 16.4 Å². The molecule has 3 amide bonds. The van der Waals surface area contributed by atoms with Gasteiger partial charge in [-0.05, 0) is 18.8 Å². The second kappa shape index (κ2) is 9.18. The average molecular weight is 273 g/mol. The third kappa shape index (κ3) is 8.87. The number of nitrogens with two attached hydrogens (primary N) is 1. The Balaban J connectivity index is 3.87. The van der Waals surface area contributed by atoms with E-state index in [-0.39, 0.29) is 18.2 Å². The fourth-order valence-electron chi connectivity index (χ4n) is 1.59. The Hall–Kier alpha value is -1.79. The second-order valence-electron chi connectivity index (χ2n) is 4.73. The smallest absolute Gasteiger partial charge is 0.312 e. The Morgan fingerprint density at radius 1 is 1.16 bits per heavy atom. The van der Waals surface area contributed by atoms with Crippen LogP contribution in [0.25, 0.3) is 0 Å². The molecule has 0 aromatic heterocycles. The Morgan fingerprint density at radius 3 is 2.26 bits per heavy atom. The maximum atomic E-state index is 11.8. The summed E-state index contributed by atoms with van der Waals surface area (Å²) >= 11 is 0. The number of carboxylic acid groups (broad SMARTS) is 1. The predicted molar refractivity (Wildman–Crippen MR) is 70.5 cm³/mol. The summed E-state index contributed by atoms with van der Waals surface area (Å²) in [5, 5.41) is 13.6. The molecule has 1 unspecified atom stereocenters. The third-order valence-electron chi connectivity index (χ3n) is 2.61. The van der Waals surface area contributed by atoms with Crippen LogP contribution in [-0.2, 0) is 9.59 Å². The zero-order valence-corrected chi connectivity index (χ0v) is 11.4. The fraction of sp³-hybridized carbons (Fsp3) is 0.750. The van der Waals surface area contributed by atoms with Crippen molar-refractivity contribution in [1.29, 1.82) is 0 Å². The average Bonchev–Trinajstić information content (AvgIpc) is 2.29. The van der Waals surface area contributed by atoms with Gasteiger partial charge < -0.3 is 21.5 Å². The number of aliphatic carboxylic acids is 1. The molecule has 7 nitrogen and oxygen atoms in total. The summed E-state index contributed by atoms with van der Waals surface area (Å²) < 4.78 is 0. The highest BCUT2D eigenvalue weighted by Gasteiger charge is 2.22. The van der Waals surface area contributed by atoms with Crippen molar-refractivity contribution < 1.29 is 19.5 Å². The lowest BCUT2D eigenvalue weighted by Gasteiger charge is -2.20. The van der Waals surface area contributed by atoms with Crippen molar-refractivity contribution >= 4 is 17.9 Å². The van der Waals surface area contributed by atoms with E-state index in [1.807, 2.05) is 13.8 Å². The Bertz CT molecular complexity index is 318. The molecule has 0 saturated carbocycles. The number of carboxylic acids is 1. The largest absolute Gasteiger partial charge is 0.481 e. The Kier molecular flexibility index (Phi) is 8.32. The highest BCUT2D eigenvalue weighted by molar-refractivity contribution is 5.86. The van der Waals surface area contributed by atoms with E-state index in [0.29, 0.717) is 19.4 Å². The lowest BCUT2D eigenvalue weighted by atomic mass is 10.0. The van der Waals surface area contributed by atoms with Gasteiger partial charge in [-0.15, -0.1) is 0 Å². The molecule has 0 spiro atoms. The minimum atomic E-state index is -0.811. The van der Waals surface area contributed by atoms with Crippen LogP contribution >= 0.6 is 0 Å². The summed E-state index contributed by atoms with van der Waals surface area (Å²) in [5.74, 6) is -1.14. The maximum absolute atomic E-state index is 11.8. The standard InChI is InChI=1S/C12H23N3O4/c1-8(2)10(15-12(13)19)11(18)14-7-5-3-4-6-9(16)17/h8,10H,3-7H2,1-2H3,(H,14,18)(H,16,17)(H3,13,15,19). The van der Waals surface area contributed by atoms with Crippen molar-refractivity contribution in [2.45, 2.75) is 45.6 Å². The van der Waals surface area contributed by atoms with Crippen molar-refractivity contribution in [2.24, 2.45) is 11.7 Å². The van der Waals surface area contributed by atoms with Gasteiger partial charge in [0.1, 0.15) is 6.04 Å². The number of urea groups is 1. The Morgan fingerprint density at radius 2 is 1.79 bits per heavy atom. The molecular weight excluding hydrogens is 250 g/mol. The number of carbonyl (C=O) groups excluding carboxylic acids is 2. The van der Waals surface area contributed by atoms with Crippen LogP contribution in [0.15, 0.2) is 0 Å². The van der Waals surface area contributed by atoms with Crippen LogP contribution in [0.4, 0.5) is 4.79 Å². The number of rotatable bonds is 9. The van der Waals surface area contributed by atoms with Gasteiger partial charge in [-0.2, -0.15) is 0 Å². The fourth-order valence-corrected chi connectivity index (χ4v) is 1.59. The lowest BCUT2D eigenvalue weighted by molar-refractivity contribution is -0.137. The van der Waals surface area contributed by atoms with Crippen LogP contribution in [0, 0.1) is 5.92 Å². The van der Waals surface area contributed by atoms with Crippen molar-refractivity contribution in [3.05, 3.63) is 0 Å². The lowest BCUT2D eigenvalue weighted by Crippen LogP contribution is -2.51. The van der Waals surface area contributed by atoms with Gasteiger partial charge in [-0.25, -0.2) is 4.79 Å². The summed E-state index contributed by atoms with van der Waals surface area (Å²) in [4.78, 5) is 32.8. The second-order valence-corrected chi connectivity index (χ2v) is 4.73. The first-order valence-corrected chi connectivity index (χ1v) is 6.40. The number of carbonyl (C=O) groups is 3. The normalized spacial score (nSPS) is 11.9. The Labute approximate surface area is 112 Å². The van der Waals surface area contributed by atoms with Gasteiger partial charge in [-0.3, -0.25) is 9.59 Å². The summed E-state index contributed by atoms with van der Waals surface area (Å²) in [7, 11) is 0. The number of nitrogens with one attached hydrogen (secondary N) is 2. The molecule has 19 heavy (non-hydrogen) atoms. The van der Waals surface area contributed by atoms with Gasteiger partial charge in [0.05, 0.1) is 0 Å². The minimum absolute atomic E-state index is 0.0560. The zero-order chi connectivity index (χ0) is 14.8. The van der Waals surface area contributed by atoms with Crippen LogP contribution in [0.1, 0.15) is 39.5 Å². The van der Waals surface area contributed by atoms with Gasteiger partial charge in [0.15, 0.2) is 0 Å². The SMILES string of the molecule is CC(C)C(NC(N)=O)C(=O)NCCCCCC(=O)O. The van der Waals surface area contributed by atoms with E-state index in [4.69, 9.17) is 10.8 Å². The van der Waals surface area contributed by atoms with Gasteiger partial charge in [0.25, 0.3) is 0 Å². The molecule has 7 heteroatoms. The molecule has 0 heterocycles. The maximum Gasteiger partial charge on any atom is 0.312 e. The number of unbranched alkanes of at least 4 members (excludes halogenated alkanes) is 2. The molecule has 0 bridgehead atoms. The van der Waals surface area contributed by atoms with E-state index in [1.165, 1.54) is 0 Å². The summed E-state index contributed by atoms with van der Waals surface area (Å²) in [6.45, 7) is 4.09. The molecule has 0 radical (unpaired) electrons. The molecule has 0 aliphatic carbocycles.